The van der Waals surface area contributed by atoms with Gasteiger partial charge in [-0.25, -0.2) is 15.0 Å². The zero-order chi connectivity index (χ0) is 17.3. The fourth-order valence-corrected chi connectivity index (χ4v) is 3.03. The Morgan fingerprint density at radius 2 is 1.96 bits per heavy atom. The van der Waals surface area contributed by atoms with Crippen LogP contribution in [0.5, 0.6) is 0 Å². The molecule has 6 nitrogen and oxygen atoms in total. The van der Waals surface area contributed by atoms with Gasteiger partial charge < -0.3 is 10.3 Å². The first-order valence-electron chi connectivity index (χ1n) is 7.67. The summed E-state index contributed by atoms with van der Waals surface area (Å²) < 4.78 is 0. The molecule has 3 aromatic rings. The minimum Gasteiger partial charge on any atom is -0.361 e. The number of H-pyrrole nitrogens is 1. The Labute approximate surface area is 144 Å². The van der Waals surface area contributed by atoms with Crippen LogP contribution in [0.1, 0.15) is 34.1 Å². The lowest BCUT2D eigenvalue weighted by Crippen LogP contribution is -2.14. The molecule has 0 aliphatic rings. The third kappa shape index (κ3) is 3.35. The van der Waals surface area contributed by atoms with Gasteiger partial charge in [0.2, 0.25) is 0 Å². The van der Waals surface area contributed by atoms with E-state index < -0.39 is 0 Å². The molecule has 24 heavy (non-hydrogen) atoms. The SMILES string of the molecule is Cc1cnc(C(C)Nc2ccc(-c3nc(C)c(C)c(=O)[nH]3)cn2)s1. The van der Waals surface area contributed by atoms with Crippen molar-refractivity contribution < 1.29 is 0 Å². The number of aromatic amines is 1. The number of rotatable bonds is 4. The van der Waals surface area contributed by atoms with Crippen molar-refractivity contribution in [1.82, 2.24) is 19.9 Å². The van der Waals surface area contributed by atoms with E-state index in [-0.39, 0.29) is 11.6 Å². The van der Waals surface area contributed by atoms with E-state index in [1.54, 1.807) is 24.5 Å². The predicted molar refractivity (Wildman–Crippen MR) is 96.5 cm³/mol. The minimum absolute atomic E-state index is 0.0848. The van der Waals surface area contributed by atoms with Crippen LogP contribution in [0, 0.1) is 20.8 Å². The van der Waals surface area contributed by atoms with Gasteiger partial charge in [0.05, 0.1) is 6.04 Å². The van der Waals surface area contributed by atoms with Crippen molar-refractivity contribution in [3.05, 3.63) is 56.0 Å². The van der Waals surface area contributed by atoms with Crippen molar-refractivity contribution in [3.8, 4) is 11.4 Å². The van der Waals surface area contributed by atoms with Crippen molar-refractivity contribution in [1.29, 1.82) is 0 Å². The van der Waals surface area contributed by atoms with E-state index in [1.165, 1.54) is 4.88 Å². The van der Waals surface area contributed by atoms with Gasteiger partial charge >= 0.3 is 0 Å². The Morgan fingerprint density at radius 3 is 2.54 bits per heavy atom. The van der Waals surface area contributed by atoms with Gasteiger partial charge in [-0.2, -0.15) is 0 Å². The molecule has 7 heteroatoms. The number of hydrogen-bond acceptors (Lipinski definition) is 6. The average Bonchev–Trinajstić information content (AvgIpc) is 2.99. The number of nitrogens with one attached hydrogen (secondary N) is 2. The van der Waals surface area contributed by atoms with E-state index in [1.807, 2.05) is 32.2 Å². The summed E-state index contributed by atoms with van der Waals surface area (Å²) in [4.78, 5) is 29.1. The standard InChI is InChI=1S/C17H19N5OS/c1-9-7-19-17(24-9)12(4)20-14-6-5-13(8-18-14)15-21-11(3)10(2)16(23)22-15/h5-8,12H,1-4H3,(H,18,20)(H,21,22,23). The molecule has 0 bridgehead atoms. The molecule has 0 saturated carbocycles. The summed E-state index contributed by atoms with van der Waals surface area (Å²) in [5, 5.41) is 4.35. The van der Waals surface area contributed by atoms with Gasteiger partial charge in [0, 0.05) is 34.1 Å². The third-order valence-electron chi connectivity index (χ3n) is 3.81. The molecule has 0 amide bonds. The van der Waals surface area contributed by atoms with E-state index in [9.17, 15) is 4.79 Å². The minimum atomic E-state index is -0.118. The highest BCUT2D eigenvalue weighted by molar-refractivity contribution is 7.11. The normalized spacial score (nSPS) is 12.2. The number of pyridine rings is 1. The Morgan fingerprint density at radius 1 is 1.17 bits per heavy atom. The molecule has 1 atom stereocenters. The van der Waals surface area contributed by atoms with Crippen molar-refractivity contribution >= 4 is 17.2 Å². The molecule has 0 aromatic carbocycles. The van der Waals surface area contributed by atoms with Crippen LogP contribution in [-0.4, -0.2) is 19.9 Å². The van der Waals surface area contributed by atoms with Crippen molar-refractivity contribution in [2.75, 3.05) is 5.32 Å². The molecule has 0 radical (unpaired) electrons. The largest absolute Gasteiger partial charge is 0.361 e. The second kappa shape index (κ2) is 6.52. The van der Waals surface area contributed by atoms with Gasteiger partial charge in [-0.15, -0.1) is 11.3 Å². The molecule has 2 N–H and O–H groups in total. The first-order valence-corrected chi connectivity index (χ1v) is 8.48. The molecule has 0 spiro atoms. The summed E-state index contributed by atoms with van der Waals surface area (Å²) in [5.74, 6) is 1.29. The molecular formula is C17H19N5OS. The fraction of sp³-hybridized carbons (Fsp3) is 0.294. The van der Waals surface area contributed by atoms with E-state index in [0.29, 0.717) is 11.4 Å². The summed E-state index contributed by atoms with van der Waals surface area (Å²) in [5.41, 5.74) is 2.02. The van der Waals surface area contributed by atoms with Crippen molar-refractivity contribution in [2.45, 2.75) is 33.7 Å². The van der Waals surface area contributed by atoms with Crippen LogP contribution in [0.15, 0.2) is 29.3 Å². The van der Waals surface area contributed by atoms with Crippen LogP contribution in [0.2, 0.25) is 0 Å². The molecule has 3 heterocycles. The lowest BCUT2D eigenvalue weighted by molar-refractivity contribution is 0.860. The second-order valence-corrected chi connectivity index (χ2v) is 7.00. The quantitative estimate of drug-likeness (QED) is 0.760. The Kier molecular flexibility index (Phi) is 4.44. The van der Waals surface area contributed by atoms with Gasteiger partial charge in [0.15, 0.2) is 0 Å². The molecule has 3 aromatic heterocycles. The molecule has 0 aliphatic heterocycles. The smallest absolute Gasteiger partial charge is 0.254 e. The van der Waals surface area contributed by atoms with Gasteiger partial charge in [0.1, 0.15) is 16.6 Å². The number of aryl methyl sites for hydroxylation is 2. The molecule has 3 rings (SSSR count). The molecule has 0 saturated heterocycles. The van der Waals surface area contributed by atoms with Crippen LogP contribution in [0.4, 0.5) is 5.82 Å². The van der Waals surface area contributed by atoms with Crippen LogP contribution in [-0.2, 0) is 0 Å². The summed E-state index contributed by atoms with van der Waals surface area (Å²) in [7, 11) is 0. The zero-order valence-electron chi connectivity index (χ0n) is 14.0. The third-order valence-corrected chi connectivity index (χ3v) is 4.90. The predicted octanol–water partition coefficient (Wildman–Crippen LogP) is 3.39. The number of nitrogens with zero attached hydrogens (tertiary/aromatic N) is 3. The number of hydrogen-bond donors (Lipinski definition) is 2. The molecule has 124 valence electrons. The van der Waals surface area contributed by atoms with Gasteiger partial charge in [-0.1, -0.05) is 0 Å². The Hall–Kier alpha value is -2.54. The topological polar surface area (TPSA) is 83.6 Å². The molecular weight excluding hydrogens is 322 g/mol. The van der Waals surface area contributed by atoms with E-state index in [0.717, 1.165) is 22.1 Å². The second-order valence-electron chi connectivity index (χ2n) is 5.73. The van der Waals surface area contributed by atoms with E-state index >= 15 is 0 Å². The fourth-order valence-electron chi connectivity index (χ4n) is 2.26. The maximum atomic E-state index is 11.9. The van der Waals surface area contributed by atoms with Crippen LogP contribution >= 0.6 is 11.3 Å². The monoisotopic (exact) mass is 341 g/mol. The molecule has 1 unspecified atom stereocenters. The van der Waals surface area contributed by atoms with Gasteiger partial charge in [-0.05, 0) is 39.8 Å². The van der Waals surface area contributed by atoms with Crippen LogP contribution in [0.25, 0.3) is 11.4 Å². The lowest BCUT2D eigenvalue weighted by Gasteiger charge is -2.12. The first kappa shape index (κ1) is 16.3. The summed E-state index contributed by atoms with van der Waals surface area (Å²) in [6, 6.07) is 3.85. The average molecular weight is 341 g/mol. The van der Waals surface area contributed by atoms with Crippen molar-refractivity contribution in [2.24, 2.45) is 0 Å². The van der Waals surface area contributed by atoms with E-state index in [4.69, 9.17) is 0 Å². The number of aromatic nitrogens is 4. The lowest BCUT2D eigenvalue weighted by atomic mass is 10.2. The number of anilines is 1. The maximum absolute atomic E-state index is 11.9. The summed E-state index contributed by atoms with van der Waals surface area (Å²) in [6.45, 7) is 7.68. The van der Waals surface area contributed by atoms with Crippen LogP contribution in [0.3, 0.4) is 0 Å². The highest BCUT2D eigenvalue weighted by atomic mass is 32.1. The highest BCUT2D eigenvalue weighted by Crippen LogP contribution is 2.23. The molecule has 0 fully saturated rings. The van der Waals surface area contributed by atoms with Crippen LogP contribution < -0.4 is 10.9 Å². The summed E-state index contributed by atoms with van der Waals surface area (Å²) in [6.07, 6.45) is 3.58. The Bertz CT molecular complexity index is 913. The van der Waals surface area contributed by atoms with Crippen molar-refractivity contribution in [3.63, 3.8) is 0 Å². The highest BCUT2D eigenvalue weighted by Gasteiger charge is 2.11. The number of thiazole rings is 1. The van der Waals surface area contributed by atoms with E-state index in [2.05, 4.69) is 32.2 Å². The van der Waals surface area contributed by atoms with Gasteiger partial charge in [-0.3, -0.25) is 4.79 Å². The molecule has 0 aliphatic carbocycles. The Balaban J connectivity index is 1.79. The van der Waals surface area contributed by atoms with Gasteiger partial charge in [0.25, 0.3) is 5.56 Å². The zero-order valence-corrected chi connectivity index (χ0v) is 14.9. The summed E-state index contributed by atoms with van der Waals surface area (Å²) >= 11 is 1.67. The first-order chi connectivity index (χ1) is 11.4. The maximum Gasteiger partial charge on any atom is 0.254 e.